The van der Waals surface area contributed by atoms with Gasteiger partial charge in [0.1, 0.15) is 29.5 Å². The predicted molar refractivity (Wildman–Crippen MR) is 126 cm³/mol. The largest absolute Gasteiger partial charge is 0.497 e. The van der Waals surface area contributed by atoms with Crippen LogP contribution in [0, 0.1) is 5.82 Å². The highest BCUT2D eigenvalue weighted by Gasteiger charge is 2.42. The van der Waals surface area contributed by atoms with Crippen LogP contribution >= 0.6 is 0 Å². The van der Waals surface area contributed by atoms with Gasteiger partial charge < -0.3 is 28.7 Å². The summed E-state index contributed by atoms with van der Waals surface area (Å²) in [4.78, 5) is 29.8. The third-order valence-electron chi connectivity index (χ3n) is 6.27. The fourth-order valence-corrected chi connectivity index (χ4v) is 4.28. The summed E-state index contributed by atoms with van der Waals surface area (Å²) in [6.45, 7) is 3.04. The van der Waals surface area contributed by atoms with E-state index in [1.54, 1.807) is 16.9 Å². The maximum atomic E-state index is 13.3. The quantitative estimate of drug-likeness (QED) is 0.570. The van der Waals surface area contributed by atoms with Crippen molar-refractivity contribution < 1.29 is 32.9 Å². The Hall–Kier alpha value is -3.17. The lowest BCUT2D eigenvalue weighted by Gasteiger charge is -2.43. The van der Waals surface area contributed by atoms with E-state index in [1.807, 2.05) is 24.3 Å². The number of carbonyl (C=O) groups is 2. The monoisotopic (exact) mass is 486 g/mol. The Labute approximate surface area is 204 Å². The summed E-state index contributed by atoms with van der Waals surface area (Å²) in [7, 11) is 1.60. The molecule has 0 radical (unpaired) electrons. The van der Waals surface area contributed by atoms with Crippen LogP contribution in [0.15, 0.2) is 48.5 Å². The second-order valence-electron chi connectivity index (χ2n) is 8.78. The van der Waals surface area contributed by atoms with E-state index in [-0.39, 0.29) is 50.2 Å². The van der Waals surface area contributed by atoms with Gasteiger partial charge in [-0.15, -0.1) is 0 Å². The highest BCUT2D eigenvalue weighted by atomic mass is 19.1. The molecule has 0 aromatic heterocycles. The summed E-state index contributed by atoms with van der Waals surface area (Å²) in [5.41, 5.74) is -0.141. The summed E-state index contributed by atoms with van der Waals surface area (Å²) in [6.07, 6.45) is 0.302. The SMILES string of the molecule is COc1ccc(CC(=O)N2CCO[C@@](COc3ccc(F)cc3)(CC(=O)N3CCOCC3)C2)cc1. The van der Waals surface area contributed by atoms with Crippen molar-refractivity contribution in [3.05, 3.63) is 59.9 Å². The fraction of sp³-hybridized carbons (Fsp3) is 0.462. The maximum Gasteiger partial charge on any atom is 0.227 e. The van der Waals surface area contributed by atoms with Crippen LogP contribution in [0.5, 0.6) is 11.5 Å². The molecule has 2 heterocycles. The molecule has 2 aliphatic heterocycles. The van der Waals surface area contributed by atoms with Gasteiger partial charge in [-0.25, -0.2) is 4.39 Å². The van der Waals surface area contributed by atoms with Gasteiger partial charge in [0.2, 0.25) is 11.8 Å². The Bertz CT molecular complexity index is 994. The van der Waals surface area contributed by atoms with Gasteiger partial charge in [-0.2, -0.15) is 0 Å². The molecule has 0 unspecified atom stereocenters. The van der Waals surface area contributed by atoms with Crippen LogP contribution in [0.2, 0.25) is 0 Å². The van der Waals surface area contributed by atoms with E-state index in [1.165, 1.54) is 24.3 Å². The molecular formula is C26H31FN2O6. The second kappa shape index (κ2) is 11.5. The lowest BCUT2D eigenvalue weighted by molar-refractivity contribution is -0.167. The molecule has 0 spiro atoms. The van der Waals surface area contributed by atoms with Crippen LogP contribution < -0.4 is 9.47 Å². The first-order valence-electron chi connectivity index (χ1n) is 11.7. The van der Waals surface area contributed by atoms with Gasteiger partial charge in [0.25, 0.3) is 0 Å². The number of benzene rings is 2. The smallest absolute Gasteiger partial charge is 0.227 e. The summed E-state index contributed by atoms with van der Waals surface area (Å²) in [6, 6.07) is 13.1. The Morgan fingerprint density at radius 2 is 1.57 bits per heavy atom. The van der Waals surface area contributed by atoms with Crippen molar-refractivity contribution in [2.24, 2.45) is 0 Å². The molecule has 0 aliphatic carbocycles. The molecule has 188 valence electrons. The van der Waals surface area contributed by atoms with Crippen LogP contribution in [0.25, 0.3) is 0 Å². The minimum atomic E-state index is -1.02. The Morgan fingerprint density at radius 3 is 2.26 bits per heavy atom. The average molecular weight is 487 g/mol. The number of carbonyl (C=O) groups excluding carboxylic acids is 2. The fourth-order valence-electron chi connectivity index (χ4n) is 4.28. The number of hydrogen-bond acceptors (Lipinski definition) is 6. The Balaban J connectivity index is 1.47. The van der Waals surface area contributed by atoms with Crippen molar-refractivity contribution in [3.63, 3.8) is 0 Å². The van der Waals surface area contributed by atoms with Crippen molar-refractivity contribution in [3.8, 4) is 11.5 Å². The third-order valence-corrected chi connectivity index (χ3v) is 6.27. The first-order chi connectivity index (χ1) is 17.0. The van der Waals surface area contributed by atoms with Crippen molar-refractivity contribution >= 4 is 11.8 Å². The van der Waals surface area contributed by atoms with Gasteiger partial charge >= 0.3 is 0 Å². The lowest BCUT2D eigenvalue weighted by atomic mass is 9.96. The van der Waals surface area contributed by atoms with E-state index in [2.05, 4.69) is 0 Å². The zero-order valence-corrected chi connectivity index (χ0v) is 19.9. The Kier molecular flexibility index (Phi) is 8.20. The number of hydrogen-bond donors (Lipinski definition) is 0. The first-order valence-corrected chi connectivity index (χ1v) is 11.7. The van der Waals surface area contributed by atoms with Gasteiger partial charge in [0.15, 0.2) is 0 Å². The molecule has 0 N–H and O–H groups in total. The van der Waals surface area contributed by atoms with E-state index < -0.39 is 5.60 Å². The van der Waals surface area contributed by atoms with Crippen LogP contribution in [0.4, 0.5) is 4.39 Å². The van der Waals surface area contributed by atoms with Crippen LogP contribution in [-0.4, -0.2) is 86.9 Å². The molecule has 2 fully saturated rings. The number of amides is 2. The van der Waals surface area contributed by atoms with Crippen molar-refractivity contribution in [1.82, 2.24) is 9.80 Å². The zero-order chi connectivity index (χ0) is 24.7. The summed E-state index contributed by atoms with van der Waals surface area (Å²) < 4.78 is 35.9. The van der Waals surface area contributed by atoms with E-state index in [4.69, 9.17) is 18.9 Å². The number of morpholine rings is 2. The van der Waals surface area contributed by atoms with Crippen molar-refractivity contribution in [1.29, 1.82) is 0 Å². The van der Waals surface area contributed by atoms with Gasteiger partial charge in [0.05, 0.1) is 46.3 Å². The maximum absolute atomic E-state index is 13.3. The van der Waals surface area contributed by atoms with Crippen LogP contribution in [0.3, 0.4) is 0 Å². The number of halogens is 1. The number of methoxy groups -OCH3 is 1. The number of rotatable bonds is 8. The van der Waals surface area contributed by atoms with Gasteiger partial charge in [-0.05, 0) is 42.0 Å². The van der Waals surface area contributed by atoms with Gasteiger partial charge in [0, 0.05) is 19.6 Å². The zero-order valence-electron chi connectivity index (χ0n) is 19.9. The highest BCUT2D eigenvalue weighted by Crippen LogP contribution is 2.26. The summed E-state index contributed by atoms with van der Waals surface area (Å²) in [5, 5.41) is 0. The molecule has 9 heteroatoms. The first kappa shape index (κ1) is 24.9. The molecule has 1 atom stereocenters. The molecule has 8 nitrogen and oxygen atoms in total. The molecule has 2 saturated heterocycles. The number of nitrogens with zero attached hydrogens (tertiary/aromatic N) is 2. The van der Waals surface area contributed by atoms with E-state index in [0.29, 0.717) is 38.6 Å². The van der Waals surface area contributed by atoms with E-state index in [9.17, 15) is 14.0 Å². The molecule has 2 amide bonds. The molecule has 2 aromatic carbocycles. The molecule has 2 aliphatic rings. The minimum Gasteiger partial charge on any atom is -0.497 e. The van der Waals surface area contributed by atoms with Crippen molar-refractivity contribution in [2.45, 2.75) is 18.4 Å². The summed E-state index contributed by atoms with van der Waals surface area (Å²) in [5.74, 6) is 0.712. The van der Waals surface area contributed by atoms with Crippen LogP contribution in [0.1, 0.15) is 12.0 Å². The van der Waals surface area contributed by atoms with Gasteiger partial charge in [-0.1, -0.05) is 12.1 Å². The molecule has 0 bridgehead atoms. The molecule has 35 heavy (non-hydrogen) atoms. The normalized spacial score (nSPS) is 20.4. The lowest BCUT2D eigenvalue weighted by Crippen LogP contribution is -2.59. The minimum absolute atomic E-state index is 0.0524. The standard InChI is InChI=1S/C26H31FN2O6/c1-32-22-6-2-20(3-7-22)16-24(30)29-12-15-35-26(18-29,17-25(31)28-10-13-33-14-11-28)19-34-23-8-4-21(27)5-9-23/h2-9H,10-19H2,1H3/t26-/m0/s1. The molecular weight excluding hydrogens is 455 g/mol. The Morgan fingerprint density at radius 1 is 0.914 bits per heavy atom. The van der Waals surface area contributed by atoms with E-state index in [0.717, 1.165) is 11.3 Å². The molecule has 0 saturated carbocycles. The third kappa shape index (κ3) is 6.70. The van der Waals surface area contributed by atoms with Crippen LogP contribution in [-0.2, 0) is 25.5 Å². The molecule has 4 rings (SSSR count). The topological polar surface area (TPSA) is 77.5 Å². The number of ether oxygens (including phenoxy) is 4. The second-order valence-corrected chi connectivity index (χ2v) is 8.78. The predicted octanol–water partition coefficient (Wildman–Crippen LogP) is 2.30. The van der Waals surface area contributed by atoms with Gasteiger partial charge in [-0.3, -0.25) is 9.59 Å². The van der Waals surface area contributed by atoms with E-state index >= 15 is 0 Å². The van der Waals surface area contributed by atoms with Crippen molar-refractivity contribution in [2.75, 3.05) is 59.7 Å². The molecule has 2 aromatic rings. The highest BCUT2D eigenvalue weighted by molar-refractivity contribution is 5.80. The summed E-state index contributed by atoms with van der Waals surface area (Å²) >= 11 is 0. The average Bonchev–Trinajstić information content (AvgIpc) is 2.89.